The van der Waals surface area contributed by atoms with Gasteiger partial charge in [0, 0.05) is 30.9 Å². The molecule has 1 saturated heterocycles. The average molecular weight is 410 g/mol. The quantitative estimate of drug-likeness (QED) is 0.735. The van der Waals surface area contributed by atoms with Gasteiger partial charge in [-0.25, -0.2) is 4.39 Å². The van der Waals surface area contributed by atoms with Crippen molar-refractivity contribution in [2.24, 2.45) is 5.73 Å². The Morgan fingerprint density at radius 2 is 1.86 bits per heavy atom. The molecule has 1 atom stereocenters. The molecule has 1 heterocycles. The largest absolute Gasteiger partial charge is 0.492 e. The van der Waals surface area contributed by atoms with E-state index in [1.165, 1.54) is 6.07 Å². The van der Waals surface area contributed by atoms with Crippen molar-refractivity contribution in [3.8, 4) is 5.75 Å². The number of amides is 1. The number of nitrogens with two attached hydrogens (primary N) is 1. The van der Waals surface area contributed by atoms with E-state index >= 15 is 0 Å². The number of morpholine rings is 1. The fourth-order valence-electron chi connectivity index (χ4n) is 3.06. The Balaban J connectivity index is 0.00000280. The first-order valence-electron chi connectivity index (χ1n) is 8.99. The molecule has 3 N–H and O–H groups in total. The fraction of sp³-hybridized carbons (Fsp3) is 0.350. The van der Waals surface area contributed by atoms with Crippen LogP contribution < -0.4 is 15.8 Å². The van der Waals surface area contributed by atoms with E-state index in [0.717, 1.165) is 0 Å². The number of nitrogens with zero attached hydrogens (tertiary/aromatic N) is 1. The molecule has 3 rings (SSSR count). The van der Waals surface area contributed by atoms with Crippen molar-refractivity contribution >= 4 is 24.0 Å². The monoisotopic (exact) mass is 409 g/mol. The van der Waals surface area contributed by atoms with E-state index < -0.39 is 11.9 Å². The van der Waals surface area contributed by atoms with Gasteiger partial charge < -0.3 is 20.5 Å². The molecule has 0 radical (unpaired) electrons. The normalized spacial score (nSPS) is 15.4. The van der Waals surface area contributed by atoms with Gasteiger partial charge in [-0.1, -0.05) is 18.2 Å². The Morgan fingerprint density at radius 3 is 2.50 bits per heavy atom. The molecule has 0 saturated carbocycles. The summed E-state index contributed by atoms with van der Waals surface area (Å²) >= 11 is 0. The van der Waals surface area contributed by atoms with Crippen LogP contribution in [0.1, 0.15) is 11.6 Å². The van der Waals surface area contributed by atoms with Crippen molar-refractivity contribution in [1.29, 1.82) is 0 Å². The van der Waals surface area contributed by atoms with Crippen LogP contribution in [0.4, 0.5) is 10.1 Å². The van der Waals surface area contributed by atoms with Crippen LogP contribution in [0.15, 0.2) is 48.5 Å². The Labute approximate surface area is 170 Å². The van der Waals surface area contributed by atoms with Crippen LogP contribution in [0, 0.1) is 5.82 Å². The van der Waals surface area contributed by atoms with Crippen molar-refractivity contribution in [2.45, 2.75) is 6.04 Å². The first-order chi connectivity index (χ1) is 13.2. The minimum atomic E-state index is -0.719. The van der Waals surface area contributed by atoms with Gasteiger partial charge in [-0.05, 0) is 30.3 Å². The predicted octanol–water partition coefficient (Wildman–Crippen LogP) is 2.60. The van der Waals surface area contributed by atoms with Crippen LogP contribution in [-0.2, 0) is 9.53 Å². The Bertz CT molecular complexity index is 755. The highest BCUT2D eigenvalue weighted by Crippen LogP contribution is 2.26. The van der Waals surface area contributed by atoms with E-state index in [0.29, 0.717) is 56.5 Å². The number of nitrogens with one attached hydrogen (secondary N) is 1. The molecule has 0 aliphatic carbocycles. The molecule has 152 valence electrons. The molecule has 1 aliphatic heterocycles. The minimum absolute atomic E-state index is 0. The van der Waals surface area contributed by atoms with Gasteiger partial charge >= 0.3 is 0 Å². The molecule has 2 aromatic carbocycles. The summed E-state index contributed by atoms with van der Waals surface area (Å²) in [5.41, 5.74) is 6.40. The van der Waals surface area contributed by atoms with Crippen LogP contribution in [0.5, 0.6) is 5.75 Å². The van der Waals surface area contributed by atoms with Gasteiger partial charge in [0.15, 0.2) is 0 Å². The molecule has 28 heavy (non-hydrogen) atoms. The lowest BCUT2D eigenvalue weighted by Gasteiger charge is -2.33. The highest BCUT2D eigenvalue weighted by molar-refractivity contribution is 5.95. The third-order valence-electron chi connectivity index (χ3n) is 4.37. The summed E-state index contributed by atoms with van der Waals surface area (Å²) in [6.07, 6.45) is 0. The second-order valence-corrected chi connectivity index (χ2v) is 6.22. The molecular formula is C20H25ClFN3O3. The van der Waals surface area contributed by atoms with E-state index in [1.807, 2.05) is 4.90 Å². The number of carbonyl (C=O) groups excluding carboxylic acids is 1. The number of halogens is 2. The molecule has 1 amide bonds. The lowest BCUT2D eigenvalue weighted by molar-refractivity contribution is -0.123. The molecular weight excluding hydrogens is 385 g/mol. The van der Waals surface area contributed by atoms with Crippen molar-refractivity contribution in [1.82, 2.24) is 4.90 Å². The second kappa shape index (κ2) is 11.0. The number of benzene rings is 2. The lowest BCUT2D eigenvalue weighted by atomic mass is 10.0. The van der Waals surface area contributed by atoms with Crippen molar-refractivity contribution in [2.75, 3.05) is 44.8 Å². The SMILES string of the molecule is Cl.NCCOc1ccc(NC(=O)C(c2ccccc2F)N2CCOCC2)cc1. The van der Waals surface area contributed by atoms with E-state index in [-0.39, 0.29) is 18.3 Å². The number of anilines is 1. The summed E-state index contributed by atoms with van der Waals surface area (Å²) in [7, 11) is 0. The van der Waals surface area contributed by atoms with Crippen LogP contribution in [0.25, 0.3) is 0 Å². The highest BCUT2D eigenvalue weighted by atomic mass is 35.5. The van der Waals surface area contributed by atoms with Gasteiger partial charge in [0.05, 0.1) is 13.2 Å². The predicted molar refractivity (Wildman–Crippen MR) is 108 cm³/mol. The number of rotatable bonds is 7. The van der Waals surface area contributed by atoms with E-state index in [1.54, 1.807) is 42.5 Å². The molecule has 2 aromatic rings. The number of carbonyl (C=O) groups is 1. The Kier molecular flexibility index (Phi) is 8.66. The first-order valence-corrected chi connectivity index (χ1v) is 8.99. The topological polar surface area (TPSA) is 76.8 Å². The summed E-state index contributed by atoms with van der Waals surface area (Å²) in [5.74, 6) is 0.00424. The Hall–Kier alpha value is -2.19. The van der Waals surface area contributed by atoms with Crippen LogP contribution in [0.2, 0.25) is 0 Å². The number of ether oxygens (including phenoxy) is 2. The van der Waals surface area contributed by atoms with E-state index in [9.17, 15) is 9.18 Å². The molecule has 8 heteroatoms. The molecule has 1 fully saturated rings. The van der Waals surface area contributed by atoms with Crippen LogP contribution >= 0.6 is 12.4 Å². The second-order valence-electron chi connectivity index (χ2n) is 6.22. The number of hydrogen-bond acceptors (Lipinski definition) is 5. The van der Waals surface area contributed by atoms with Gasteiger partial charge in [-0.3, -0.25) is 9.69 Å². The summed E-state index contributed by atoms with van der Waals surface area (Å²) in [6.45, 7) is 3.04. The zero-order valence-electron chi connectivity index (χ0n) is 15.5. The number of hydrogen-bond donors (Lipinski definition) is 2. The highest BCUT2D eigenvalue weighted by Gasteiger charge is 2.31. The van der Waals surface area contributed by atoms with E-state index in [2.05, 4.69) is 5.32 Å². The zero-order chi connectivity index (χ0) is 19.1. The smallest absolute Gasteiger partial charge is 0.246 e. The van der Waals surface area contributed by atoms with Gasteiger partial charge in [0.1, 0.15) is 24.2 Å². The fourth-order valence-corrected chi connectivity index (χ4v) is 3.06. The van der Waals surface area contributed by atoms with Gasteiger partial charge in [0.2, 0.25) is 5.91 Å². The van der Waals surface area contributed by atoms with Crippen LogP contribution in [0.3, 0.4) is 0 Å². The summed E-state index contributed by atoms with van der Waals surface area (Å²) < 4.78 is 25.2. The Morgan fingerprint density at radius 1 is 1.18 bits per heavy atom. The minimum Gasteiger partial charge on any atom is -0.492 e. The van der Waals surface area contributed by atoms with Gasteiger partial charge in [0.25, 0.3) is 0 Å². The lowest BCUT2D eigenvalue weighted by Crippen LogP contribution is -2.44. The van der Waals surface area contributed by atoms with Crippen LogP contribution in [-0.4, -0.2) is 50.3 Å². The van der Waals surface area contributed by atoms with Crippen molar-refractivity contribution < 1.29 is 18.7 Å². The summed E-state index contributed by atoms with van der Waals surface area (Å²) in [5, 5.41) is 2.88. The zero-order valence-corrected chi connectivity index (χ0v) is 16.3. The van der Waals surface area contributed by atoms with Crippen molar-refractivity contribution in [3.63, 3.8) is 0 Å². The maximum Gasteiger partial charge on any atom is 0.246 e. The molecule has 1 aliphatic rings. The maximum absolute atomic E-state index is 14.4. The van der Waals surface area contributed by atoms with Gasteiger partial charge in [-0.15, -0.1) is 12.4 Å². The molecule has 6 nitrogen and oxygen atoms in total. The third kappa shape index (κ3) is 5.65. The van der Waals surface area contributed by atoms with E-state index in [4.69, 9.17) is 15.2 Å². The third-order valence-corrected chi connectivity index (χ3v) is 4.37. The standard InChI is InChI=1S/C20H24FN3O3.ClH/c21-18-4-2-1-3-17(18)19(24-10-13-26-14-11-24)20(25)23-15-5-7-16(8-6-15)27-12-9-22;/h1-8,19H,9-14,22H2,(H,23,25);1H. The maximum atomic E-state index is 14.4. The molecule has 0 aromatic heterocycles. The summed E-state index contributed by atoms with van der Waals surface area (Å²) in [6, 6.07) is 12.7. The molecule has 0 bridgehead atoms. The van der Waals surface area contributed by atoms with Gasteiger partial charge in [-0.2, -0.15) is 0 Å². The van der Waals surface area contributed by atoms with Crippen molar-refractivity contribution in [3.05, 3.63) is 59.9 Å². The molecule has 0 spiro atoms. The molecule has 1 unspecified atom stereocenters. The summed E-state index contributed by atoms with van der Waals surface area (Å²) in [4.78, 5) is 15.0. The average Bonchev–Trinajstić information content (AvgIpc) is 2.70. The first kappa shape index (κ1) is 22.1.